The van der Waals surface area contributed by atoms with Crippen molar-refractivity contribution in [3.63, 3.8) is 0 Å². The number of nitrogens with one attached hydrogen (secondary N) is 1. The summed E-state index contributed by atoms with van der Waals surface area (Å²) in [5.41, 5.74) is 10.7. The lowest BCUT2D eigenvalue weighted by Crippen LogP contribution is -2.33. The Labute approximate surface area is 118 Å². The van der Waals surface area contributed by atoms with Crippen LogP contribution in [-0.2, 0) is 40.4 Å². The molecule has 108 valence electrons. The van der Waals surface area contributed by atoms with Crippen LogP contribution >= 0.6 is 0 Å². The number of amides is 1. The van der Waals surface area contributed by atoms with Crippen LogP contribution in [0, 0.1) is 4.78 Å². The maximum atomic E-state index is 12.1. The number of aryl methyl sites for hydroxylation is 2. The number of carbonyl (C=O) groups excluding carboxylic acids is 1. The molecule has 1 amide bonds. The van der Waals surface area contributed by atoms with E-state index < -0.39 is 21.1 Å². The summed E-state index contributed by atoms with van der Waals surface area (Å²) in [6.45, 7) is 0. The number of nitrogens with two attached hydrogens (primary N) is 2. The summed E-state index contributed by atoms with van der Waals surface area (Å²) in [6, 6.07) is 2.22. The number of primary amides is 1. The number of rotatable bonds is 3. The van der Waals surface area contributed by atoms with Gasteiger partial charge in [0.2, 0.25) is 5.91 Å². The molecular weight excluding hydrogens is 274 g/mol. The molecule has 0 aromatic heterocycles. The van der Waals surface area contributed by atoms with Crippen molar-refractivity contribution in [2.75, 3.05) is 0 Å². The van der Waals surface area contributed by atoms with Crippen LogP contribution in [0.1, 0.15) is 45.9 Å². The summed E-state index contributed by atoms with van der Waals surface area (Å²) in [5, 5.41) is 4.32. The van der Waals surface area contributed by atoms with Gasteiger partial charge in [0.05, 0.1) is 0 Å². The maximum Gasteiger partial charge on any atom is 0.240 e. The number of hydrogen-bond donors (Lipinski definition) is 3. The summed E-state index contributed by atoms with van der Waals surface area (Å²) in [6.07, 6.45) is 5.73. The van der Waals surface area contributed by atoms with E-state index in [-0.39, 0.29) is 0 Å². The van der Waals surface area contributed by atoms with Crippen LogP contribution < -0.4 is 10.9 Å². The highest BCUT2D eigenvalue weighted by molar-refractivity contribution is 7.91. The summed E-state index contributed by atoms with van der Waals surface area (Å²) < 4.78 is 19.8. The molecule has 1 aromatic rings. The Morgan fingerprint density at radius 1 is 1.15 bits per heavy atom. The molecule has 2 aliphatic rings. The third-order valence-electron chi connectivity index (χ3n) is 4.39. The van der Waals surface area contributed by atoms with Gasteiger partial charge in [0.25, 0.3) is 0 Å². The standard InChI is InChI=1S/C14H19N3O2S/c15-14(18)13(20(16,17)19)12-10-5-1-3-8(10)7-9-4-2-6-11(9)12/h7,13H,1-6H2,(H2,15,18)(H3,16,17,19). The van der Waals surface area contributed by atoms with Crippen molar-refractivity contribution in [1.82, 2.24) is 0 Å². The molecule has 0 saturated carbocycles. The minimum absolute atomic E-state index is 0.725. The minimum atomic E-state index is -3.53. The Balaban J connectivity index is 2.30. The van der Waals surface area contributed by atoms with E-state index in [9.17, 15) is 9.00 Å². The average Bonchev–Trinajstić information content (AvgIpc) is 2.93. The van der Waals surface area contributed by atoms with E-state index >= 15 is 0 Å². The predicted molar refractivity (Wildman–Crippen MR) is 77.5 cm³/mol. The highest BCUT2D eigenvalue weighted by Gasteiger charge is 2.35. The van der Waals surface area contributed by atoms with E-state index in [0.29, 0.717) is 0 Å². The number of carbonyl (C=O) groups is 1. The number of hydrogen-bond acceptors (Lipinski definition) is 3. The Hall–Kier alpha value is -1.40. The first kappa shape index (κ1) is 13.6. The van der Waals surface area contributed by atoms with Crippen LogP contribution in [-0.4, -0.2) is 10.1 Å². The Morgan fingerprint density at radius 3 is 2.05 bits per heavy atom. The topological polar surface area (TPSA) is 110 Å². The van der Waals surface area contributed by atoms with Crippen LogP contribution in [0.15, 0.2) is 6.07 Å². The average molecular weight is 293 g/mol. The second-order valence-electron chi connectivity index (χ2n) is 5.70. The van der Waals surface area contributed by atoms with Crippen molar-refractivity contribution in [3.05, 3.63) is 33.9 Å². The molecule has 2 aliphatic carbocycles. The highest BCUT2D eigenvalue weighted by Crippen LogP contribution is 2.40. The molecule has 6 heteroatoms. The molecular formula is C14H19N3O2S. The van der Waals surface area contributed by atoms with Crippen molar-refractivity contribution >= 4 is 15.8 Å². The van der Waals surface area contributed by atoms with E-state index in [1.54, 1.807) is 0 Å². The van der Waals surface area contributed by atoms with Gasteiger partial charge in [0.15, 0.2) is 5.25 Å². The molecule has 0 radical (unpaired) electrons. The molecule has 2 atom stereocenters. The maximum absolute atomic E-state index is 12.1. The quantitative estimate of drug-likeness (QED) is 0.775. The number of fused-ring (bicyclic) bond motifs is 2. The zero-order valence-corrected chi connectivity index (χ0v) is 12.1. The molecule has 5 nitrogen and oxygen atoms in total. The van der Waals surface area contributed by atoms with Gasteiger partial charge in [-0.2, -0.15) is 0 Å². The molecule has 20 heavy (non-hydrogen) atoms. The van der Waals surface area contributed by atoms with Crippen molar-refractivity contribution < 1.29 is 9.00 Å². The molecule has 0 spiro atoms. The van der Waals surface area contributed by atoms with Gasteiger partial charge in [-0.3, -0.25) is 4.79 Å². The highest BCUT2D eigenvalue weighted by atomic mass is 32.2. The van der Waals surface area contributed by atoms with Crippen LogP contribution in [0.4, 0.5) is 0 Å². The Morgan fingerprint density at radius 2 is 1.65 bits per heavy atom. The van der Waals surface area contributed by atoms with Crippen molar-refractivity contribution in [3.8, 4) is 0 Å². The van der Waals surface area contributed by atoms with Crippen molar-refractivity contribution in [1.29, 1.82) is 4.78 Å². The third kappa shape index (κ3) is 2.03. The lowest BCUT2D eigenvalue weighted by atomic mass is 9.92. The van der Waals surface area contributed by atoms with E-state index in [2.05, 4.69) is 6.07 Å². The predicted octanol–water partition coefficient (Wildman–Crippen LogP) is 1.11. The van der Waals surface area contributed by atoms with E-state index in [0.717, 1.165) is 55.2 Å². The van der Waals surface area contributed by atoms with Gasteiger partial charge in [-0.1, -0.05) is 6.07 Å². The second kappa shape index (κ2) is 4.56. The molecule has 1 aromatic carbocycles. The van der Waals surface area contributed by atoms with E-state index in [1.165, 1.54) is 11.1 Å². The van der Waals surface area contributed by atoms with Crippen LogP contribution in [0.2, 0.25) is 0 Å². The second-order valence-corrected chi connectivity index (χ2v) is 7.47. The molecule has 3 rings (SSSR count). The zero-order chi connectivity index (χ0) is 14.5. The van der Waals surface area contributed by atoms with Gasteiger partial charge in [0.1, 0.15) is 9.92 Å². The zero-order valence-electron chi connectivity index (χ0n) is 11.3. The van der Waals surface area contributed by atoms with Gasteiger partial charge in [0, 0.05) is 0 Å². The first-order valence-corrected chi connectivity index (χ1v) is 8.59. The Kier molecular flexibility index (Phi) is 3.10. The lowest BCUT2D eigenvalue weighted by molar-refractivity contribution is -0.117. The third-order valence-corrected chi connectivity index (χ3v) is 5.56. The molecule has 0 bridgehead atoms. The molecule has 2 unspecified atom stereocenters. The normalized spacial score (nSPS) is 21.1. The molecule has 0 heterocycles. The van der Waals surface area contributed by atoms with Gasteiger partial charge in [-0.25, -0.2) is 14.1 Å². The fourth-order valence-electron chi connectivity index (χ4n) is 3.67. The Bertz CT molecular complexity index is 663. The fraction of sp³-hybridized carbons (Fsp3) is 0.500. The number of benzene rings is 1. The van der Waals surface area contributed by atoms with Crippen molar-refractivity contribution in [2.45, 2.75) is 43.8 Å². The monoisotopic (exact) mass is 293 g/mol. The van der Waals surface area contributed by atoms with Crippen LogP contribution in [0.5, 0.6) is 0 Å². The van der Waals surface area contributed by atoms with E-state index in [4.69, 9.17) is 15.7 Å². The van der Waals surface area contributed by atoms with Gasteiger partial charge in [-0.15, -0.1) is 0 Å². The molecule has 0 saturated heterocycles. The van der Waals surface area contributed by atoms with Gasteiger partial charge in [-0.05, 0) is 66.3 Å². The summed E-state index contributed by atoms with van der Waals surface area (Å²) in [7, 11) is -3.53. The summed E-state index contributed by atoms with van der Waals surface area (Å²) in [4.78, 5) is 11.8. The molecule has 0 aliphatic heterocycles. The van der Waals surface area contributed by atoms with Gasteiger partial charge < -0.3 is 5.73 Å². The van der Waals surface area contributed by atoms with Crippen molar-refractivity contribution in [2.24, 2.45) is 10.9 Å². The van der Waals surface area contributed by atoms with Crippen LogP contribution in [0.3, 0.4) is 0 Å². The first-order valence-electron chi connectivity index (χ1n) is 6.90. The van der Waals surface area contributed by atoms with Crippen LogP contribution in [0.25, 0.3) is 0 Å². The fourth-order valence-corrected chi connectivity index (χ4v) is 4.65. The lowest BCUT2D eigenvalue weighted by Gasteiger charge is -2.21. The first-order chi connectivity index (χ1) is 9.39. The SMILES string of the molecule is N=S(N)(=O)C(C(N)=O)c1c2c(cc3c1CCC3)CCC2. The summed E-state index contributed by atoms with van der Waals surface area (Å²) >= 11 is 0. The smallest absolute Gasteiger partial charge is 0.240 e. The van der Waals surface area contributed by atoms with E-state index in [1.807, 2.05) is 0 Å². The largest absolute Gasteiger partial charge is 0.368 e. The molecule has 5 N–H and O–H groups in total. The summed E-state index contributed by atoms with van der Waals surface area (Å²) in [5.74, 6) is -0.748. The molecule has 0 fully saturated rings. The van der Waals surface area contributed by atoms with Gasteiger partial charge >= 0.3 is 0 Å². The minimum Gasteiger partial charge on any atom is -0.368 e.